The molecule has 0 unspecified atom stereocenters. The Kier molecular flexibility index (Phi) is 4.75. The van der Waals surface area contributed by atoms with E-state index in [2.05, 4.69) is 15.1 Å². The molecule has 3 aromatic rings. The topological polar surface area (TPSA) is 77.1 Å². The predicted octanol–water partition coefficient (Wildman–Crippen LogP) is 3.40. The molecule has 0 atom stereocenters. The Morgan fingerprint density at radius 1 is 1.26 bits per heavy atom. The third kappa shape index (κ3) is 3.63. The first-order valence-corrected chi connectivity index (χ1v) is 9.27. The molecule has 27 heavy (non-hydrogen) atoms. The van der Waals surface area contributed by atoms with Gasteiger partial charge in [-0.2, -0.15) is 4.98 Å². The molecule has 1 aromatic carbocycles. The Hall–Kier alpha value is -2.96. The molecule has 0 bridgehead atoms. The SMILES string of the molecule is CN(Cc1noc(C2CCCC2)n1)C(=O)c1ccc(-c2nccn2C)cc1. The second-order valence-corrected chi connectivity index (χ2v) is 7.13. The highest BCUT2D eigenvalue weighted by molar-refractivity contribution is 5.94. The van der Waals surface area contributed by atoms with Crippen LogP contribution in [0.5, 0.6) is 0 Å². The van der Waals surface area contributed by atoms with Crippen LogP contribution in [0.1, 0.15) is 53.7 Å². The summed E-state index contributed by atoms with van der Waals surface area (Å²) in [4.78, 5) is 23.1. The van der Waals surface area contributed by atoms with Crippen LogP contribution in [0.25, 0.3) is 11.4 Å². The van der Waals surface area contributed by atoms with E-state index in [1.165, 1.54) is 12.8 Å². The predicted molar refractivity (Wildman–Crippen MR) is 99.9 cm³/mol. The van der Waals surface area contributed by atoms with E-state index in [0.29, 0.717) is 29.7 Å². The van der Waals surface area contributed by atoms with E-state index < -0.39 is 0 Å². The number of aromatic nitrogens is 4. The van der Waals surface area contributed by atoms with E-state index in [1.807, 2.05) is 42.1 Å². The van der Waals surface area contributed by atoms with Crippen LogP contribution < -0.4 is 0 Å². The first-order chi connectivity index (χ1) is 13.1. The van der Waals surface area contributed by atoms with Gasteiger partial charge in [-0.05, 0) is 25.0 Å². The van der Waals surface area contributed by atoms with Crippen molar-refractivity contribution < 1.29 is 9.32 Å². The molecule has 140 valence electrons. The summed E-state index contributed by atoms with van der Waals surface area (Å²) < 4.78 is 7.34. The Bertz CT molecular complexity index is 922. The Morgan fingerprint density at radius 3 is 2.67 bits per heavy atom. The van der Waals surface area contributed by atoms with Crippen LogP contribution in [-0.4, -0.2) is 37.5 Å². The summed E-state index contributed by atoms with van der Waals surface area (Å²) in [6.45, 7) is 0.330. The fraction of sp³-hybridized carbons (Fsp3) is 0.400. The van der Waals surface area contributed by atoms with Gasteiger partial charge in [0.25, 0.3) is 5.91 Å². The maximum absolute atomic E-state index is 12.7. The number of amides is 1. The van der Waals surface area contributed by atoms with Gasteiger partial charge in [0.2, 0.25) is 5.89 Å². The summed E-state index contributed by atoms with van der Waals surface area (Å²) in [7, 11) is 3.69. The summed E-state index contributed by atoms with van der Waals surface area (Å²) in [5.74, 6) is 2.44. The van der Waals surface area contributed by atoms with E-state index in [4.69, 9.17) is 4.52 Å². The summed E-state index contributed by atoms with van der Waals surface area (Å²) in [6, 6.07) is 7.47. The number of carbonyl (C=O) groups excluding carboxylic acids is 1. The van der Waals surface area contributed by atoms with Crippen molar-refractivity contribution in [3.05, 3.63) is 53.9 Å². The van der Waals surface area contributed by atoms with Gasteiger partial charge in [-0.1, -0.05) is 30.1 Å². The molecule has 4 rings (SSSR count). The van der Waals surface area contributed by atoms with Gasteiger partial charge in [0.15, 0.2) is 5.82 Å². The van der Waals surface area contributed by atoms with Crippen molar-refractivity contribution in [3.63, 3.8) is 0 Å². The lowest BCUT2D eigenvalue weighted by molar-refractivity contribution is 0.0780. The smallest absolute Gasteiger partial charge is 0.254 e. The zero-order chi connectivity index (χ0) is 18.8. The quantitative estimate of drug-likeness (QED) is 0.692. The van der Waals surface area contributed by atoms with E-state index in [-0.39, 0.29) is 5.91 Å². The van der Waals surface area contributed by atoms with Crippen molar-refractivity contribution in [1.29, 1.82) is 0 Å². The lowest BCUT2D eigenvalue weighted by Crippen LogP contribution is -2.26. The normalized spacial score (nSPS) is 14.6. The molecular formula is C20H23N5O2. The molecule has 1 saturated carbocycles. The minimum absolute atomic E-state index is 0.0754. The van der Waals surface area contributed by atoms with Gasteiger partial charge in [0.1, 0.15) is 5.82 Å². The fourth-order valence-corrected chi connectivity index (χ4v) is 3.58. The number of carbonyl (C=O) groups is 1. The molecule has 1 amide bonds. The van der Waals surface area contributed by atoms with Gasteiger partial charge in [-0.3, -0.25) is 4.79 Å². The van der Waals surface area contributed by atoms with Crippen molar-refractivity contribution in [2.24, 2.45) is 7.05 Å². The standard InChI is InChI=1S/C20H23N5O2/c1-24-12-11-21-18(24)14-7-9-16(10-8-14)20(26)25(2)13-17-22-19(27-23-17)15-5-3-4-6-15/h7-12,15H,3-6,13H2,1-2H3. The zero-order valence-corrected chi connectivity index (χ0v) is 15.6. The lowest BCUT2D eigenvalue weighted by Gasteiger charge is -2.15. The van der Waals surface area contributed by atoms with Crippen LogP contribution in [0.2, 0.25) is 0 Å². The highest BCUT2D eigenvalue weighted by Gasteiger charge is 2.23. The van der Waals surface area contributed by atoms with Gasteiger partial charge in [-0.25, -0.2) is 4.98 Å². The first kappa shape index (κ1) is 17.5. The fourth-order valence-electron chi connectivity index (χ4n) is 3.58. The summed E-state index contributed by atoms with van der Waals surface area (Å²) in [5.41, 5.74) is 1.59. The van der Waals surface area contributed by atoms with Crippen molar-refractivity contribution in [3.8, 4) is 11.4 Å². The minimum Gasteiger partial charge on any atom is -0.339 e. The minimum atomic E-state index is -0.0754. The Labute approximate surface area is 158 Å². The number of nitrogens with zero attached hydrogens (tertiary/aromatic N) is 5. The van der Waals surface area contributed by atoms with Crippen LogP contribution >= 0.6 is 0 Å². The van der Waals surface area contributed by atoms with Crippen molar-refractivity contribution in [2.45, 2.75) is 38.1 Å². The third-order valence-electron chi connectivity index (χ3n) is 5.12. The Balaban J connectivity index is 1.42. The lowest BCUT2D eigenvalue weighted by atomic mass is 10.1. The summed E-state index contributed by atoms with van der Waals surface area (Å²) in [6.07, 6.45) is 8.31. The zero-order valence-electron chi connectivity index (χ0n) is 15.6. The highest BCUT2D eigenvalue weighted by atomic mass is 16.5. The molecule has 1 aliphatic rings. The average Bonchev–Trinajstić information content (AvgIpc) is 3.42. The van der Waals surface area contributed by atoms with Gasteiger partial charge in [0.05, 0.1) is 6.54 Å². The van der Waals surface area contributed by atoms with Crippen LogP contribution in [0, 0.1) is 0 Å². The van der Waals surface area contributed by atoms with Gasteiger partial charge in [-0.15, -0.1) is 0 Å². The number of imidazole rings is 1. The van der Waals surface area contributed by atoms with E-state index in [1.54, 1.807) is 18.1 Å². The molecule has 2 heterocycles. The number of rotatable bonds is 5. The van der Waals surface area contributed by atoms with Crippen molar-refractivity contribution in [2.75, 3.05) is 7.05 Å². The number of hydrogen-bond acceptors (Lipinski definition) is 5. The molecular weight excluding hydrogens is 342 g/mol. The molecule has 0 spiro atoms. The largest absolute Gasteiger partial charge is 0.339 e. The van der Waals surface area contributed by atoms with E-state index in [9.17, 15) is 4.79 Å². The molecule has 7 nitrogen and oxygen atoms in total. The maximum atomic E-state index is 12.7. The van der Waals surface area contributed by atoms with Crippen LogP contribution in [-0.2, 0) is 13.6 Å². The van der Waals surface area contributed by atoms with Crippen LogP contribution in [0.4, 0.5) is 0 Å². The molecule has 1 aliphatic carbocycles. The third-order valence-corrected chi connectivity index (χ3v) is 5.12. The van der Waals surface area contributed by atoms with Gasteiger partial charge in [0, 0.05) is 43.5 Å². The Morgan fingerprint density at radius 2 is 2.00 bits per heavy atom. The van der Waals surface area contributed by atoms with E-state index in [0.717, 1.165) is 24.2 Å². The molecule has 0 radical (unpaired) electrons. The number of benzene rings is 1. The number of hydrogen-bond donors (Lipinski definition) is 0. The maximum Gasteiger partial charge on any atom is 0.254 e. The van der Waals surface area contributed by atoms with Crippen LogP contribution in [0.15, 0.2) is 41.2 Å². The highest BCUT2D eigenvalue weighted by Crippen LogP contribution is 2.32. The van der Waals surface area contributed by atoms with Crippen molar-refractivity contribution in [1.82, 2.24) is 24.6 Å². The first-order valence-electron chi connectivity index (χ1n) is 9.27. The van der Waals surface area contributed by atoms with Gasteiger partial charge >= 0.3 is 0 Å². The van der Waals surface area contributed by atoms with Gasteiger partial charge < -0.3 is 14.0 Å². The second-order valence-electron chi connectivity index (χ2n) is 7.13. The van der Waals surface area contributed by atoms with Crippen LogP contribution in [0.3, 0.4) is 0 Å². The molecule has 0 saturated heterocycles. The van der Waals surface area contributed by atoms with Crippen molar-refractivity contribution >= 4 is 5.91 Å². The monoisotopic (exact) mass is 365 g/mol. The van der Waals surface area contributed by atoms with E-state index >= 15 is 0 Å². The summed E-state index contributed by atoms with van der Waals surface area (Å²) >= 11 is 0. The molecule has 0 aliphatic heterocycles. The molecule has 2 aromatic heterocycles. The number of aryl methyl sites for hydroxylation is 1. The average molecular weight is 365 g/mol. The molecule has 7 heteroatoms. The molecule has 0 N–H and O–H groups in total. The second kappa shape index (κ2) is 7.34. The molecule has 1 fully saturated rings. The summed E-state index contributed by atoms with van der Waals surface area (Å²) in [5, 5.41) is 4.04.